The van der Waals surface area contributed by atoms with Crippen LogP contribution in [0.15, 0.2) is 29.3 Å². The van der Waals surface area contributed by atoms with E-state index >= 15 is 0 Å². The molecular formula is C18H28ClN3O. The standard InChI is InChI=1S/C18H28ClN3O/c1-3-20-18(22(2)13-16-10-12-23-14-16)21-11-4-5-15-6-8-17(19)9-7-15/h6-9,16H,3-5,10-14H2,1-2H3,(H,20,21). The van der Waals surface area contributed by atoms with Gasteiger partial charge in [0.2, 0.25) is 0 Å². The first kappa shape index (κ1) is 18.1. The monoisotopic (exact) mass is 337 g/mol. The lowest BCUT2D eigenvalue weighted by Crippen LogP contribution is -2.41. The maximum Gasteiger partial charge on any atom is 0.193 e. The van der Waals surface area contributed by atoms with Gasteiger partial charge in [0, 0.05) is 44.2 Å². The van der Waals surface area contributed by atoms with Gasteiger partial charge in [0.25, 0.3) is 0 Å². The Morgan fingerprint density at radius 3 is 2.83 bits per heavy atom. The average Bonchev–Trinajstić information content (AvgIpc) is 3.05. The number of aliphatic imine (C=N–C) groups is 1. The smallest absolute Gasteiger partial charge is 0.193 e. The summed E-state index contributed by atoms with van der Waals surface area (Å²) in [5.41, 5.74) is 1.31. The molecule has 0 saturated carbocycles. The number of nitrogens with zero attached hydrogens (tertiary/aromatic N) is 2. The summed E-state index contributed by atoms with van der Waals surface area (Å²) >= 11 is 5.91. The Morgan fingerprint density at radius 1 is 1.39 bits per heavy atom. The van der Waals surface area contributed by atoms with Crippen molar-refractivity contribution in [3.63, 3.8) is 0 Å². The number of hydrogen-bond donors (Lipinski definition) is 1. The van der Waals surface area contributed by atoms with Crippen molar-refractivity contribution in [1.29, 1.82) is 0 Å². The van der Waals surface area contributed by atoms with Crippen molar-refractivity contribution in [2.24, 2.45) is 10.9 Å². The molecule has 1 aliphatic heterocycles. The van der Waals surface area contributed by atoms with Crippen molar-refractivity contribution in [2.75, 3.05) is 39.9 Å². The summed E-state index contributed by atoms with van der Waals surface area (Å²) in [6, 6.07) is 8.07. The molecule has 1 aliphatic rings. The third kappa shape index (κ3) is 6.40. The predicted molar refractivity (Wildman–Crippen MR) is 97.3 cm³/mol. The highest BCUT2D eigenvalue weighted by Crippen LogP contribution is 2.13. The van der Waals surface area contributed by atoms with Crippen molar-refractivity contribution in [3.05, 3.63) is 34.9 Å². The lowest BCUT2D eigenvalue weighted by atomic mass is 10.1. The van der Waals surface area contributed by atoms with Gasteiger partial charge >= 0.3 is 0 Å². The largest absolute Gasteiger partial charge is 0.381 e. The molecule has 1 saturated heterocycles. The SMILES string of the molecule is CCNC(=NCCCc1ccc(Cl)cc1)N(C)CC1CCOC1. The Balaban J connectivity index is 1.78. The minimum Gasteiger partial charge on any atom is -0.381 e. The van der Waals surface area contributed by atoms with Gasteiger partial charge in [-0.2, -0.15) is 0 Å². The number of aryl methyl sites for hydroxylation is 1. The Kier molecular flexibility index (Phi) is 7.69. The summed E-state index contributed by atoms with van der Waals surface area (Å²) in [6.07, 6.45) is 3.22. The second-order valence-corrected chi connectivity index (χ2v) is 6.51. The third-order valence-corrected chi connectivity index (χ3v) is 4.30. The highest BCUT2D eigenvalue weighted by molar-refractivity contribution is 6.30. The summed E-state index contributed by atoms with van der Waals surface area (Å²) in [5.74, 6) is 1.62. The van der Waals surface area contributed by atoms with Gasteiger partial charge in [-0.25, -0.2) is 0 Å². The highest BCUT2D eigenvalue weighted by atomic mass is 35.5. The number of rotatable bonds is 7. The van der Waals surface area contributed by atoms with E-state index in [0.717, 1.165) is 63.1 Å². The zero-order valence-electron chi connectivity index (χ0n) is 14.2. The molecule has 0 amide bonds. The average molecular weight is 338 g/mol. The summed E-state index contributed by atoms with van der Waals surface area (Å²) < 4.78 is 5.46. The molecule has 1 aromatic rings. The van der Waals surface area contributed by atoms with Crippen molar-refractivity contribution in [3.8, 4) is 0 Å². The molecule has 0 aliphatic carbocycles. The first-order chi connectivity index (χ1) is 11.2. The Morgan fingerprint density at radius 2 is 2.17 bits per heavy atom. The Labute approximate surface area is 144 Å². The predicted octanol–water partition coefficient (Wildman–Crippen LogP) is 3.21. The summed E-state index contributed by atoms with van der Waals surface area (Å²) in [7, 11) is 2.11. The molecular weight excluding hydrogens is 310 g/mol. The van der Waals surface area contributed by atoms with Crippen LogP contribution >= 0.6 is 11.6 Å². The highest BCUT2D eigenvalue weighted by Gasteiger charge is 2.18. The summed E-state index contributed by atoms with van der Waals surface area (Å²) in [4.78, 5) is 6.98. The van der Waals surface area contributed by atoms with Gasteiger partial charge in [0.1, 0.15) is 0 Å². The minimum atomic E-state index is 0.623. The molecule has 1 fully saturated rings. The fourth-order valence-corrected chi connectivity index (χ4v) is 2.92. The second-order valence-electron chi connectivity index (χ2n) is 6.08. The molecule has 23 heavy (non-hydrogen) atoms. The molecule has 128 valence electrons. The van der Waals surface area contributed by atoms with Crippen molar-refractivity contribution < 1.29 is 4.74 Å². The maximum absolute atomic E-state index is 5.91. The van der Waals surface area contributed by atoms with E-state index in [9.17, 15) is 0 Å². The Bertz CT molecular complexity index is 484. The second kappa shape index (κ2) is 9.78. The van der Waals surface area contributed by atoms with Crippen LogP contribution in [0.1, 0.15) is 25.3 Å². The van der Waals surface area contributed by atoms with Gasteiger partial charge in [-0.1, -0.05) is 23.7 Å². The zero-order chi connectivity index (χ0) is 16.5. The van der Waals surface area contributed by atoms with Gasteiger partial charge in [0.05, 0.1) is 6.61 Å². The molecule has 4 nitrogen and oxygen atoms in total. The fraction of sp³-hybridized carbons (Fsp3) is 0.611. The molecule has 2 rings (SSSR count). The number of halogens is 1. The lowest BCUT2D eigenvalue weighted by molar-refractivity contribution is 0.181. The molecule has 5 heteroatoms. The summed E-state index contributed by atoms with van der Waals surface area (Å²) in [6.45, 7) is 6.60. The van der Waals surface area contributed by atoms with Crippen LogP contribution in [0.3, 0.4) is 0 Å². The van der Waals surface area contributed by atoms with Gasteiger partial charge in [-0.05, 0) is 43.9 Å². The maximum atomic E-state index is 5.91. The zero-order valence-corrected chi connectivity index (χ0v) is 15.0. The first-order valence-electron chi connectivity index (χ1n) is 8.50. The molecule has 0 radical (unpaired) electrons. The molecule has 1 N–H and O–H groups in total. The van der Waals surface area contributed by atoms with Crippen LogP contribution < -0.4 is 5.32 Å². The van der Waals surface area contributed by atoms with Gasteiger partial charge in [0.15, 0.2) is 5.96 Å². The molecule has 0 spiro atoms. The number of hydrogen-bond acceptors (Lipinski definition) is 2. The normalized spacial score (nSPS) is 18.2. The fourth-order valence-electron chi connectivity index (χ4n) is 2.79. The van der Waals surface area contributed by atoms with Gasteiger partial charge in [-0.3, -0.25) is 4.99 Å². The first-order valence-corrected chi connectivity index (χ1v) is 8.88. The van der Waals surface area contributed by atoms with E-state index in [-0.39, 0.29) is 0 Å². The molecule has 1 atom stereocenters. The third-order valence-electron chi connectivity index (χ3n) is 4.05. The van der Waals surface area contributed by atoms with Gasteiger partial charge in [-0.15, -0.1) is 0 Å². The van der Waals surface area contributed by atoms with Crippen LogP contribution in [0.5, 0.6) is 0 Å². The number of ether oxygens (including phenoxy) is 1. The number of guanidine groups is 1. The van der Waals surface area contributed by atoms with Crippen LogP contribution in [-0.2, 0) is 11.2 Å². The number of benzene rings is 1. The summed E-state index contributed by atoms with van der Waals surface area (Å²) in [5, 5.41) is 4.17. The minimum absolute atomic E-state index is 0.623. The van der Waals surface area contributed by atoms with Crippen molar-refractivity contribution >= 4 is 17.6 Å². The van der Waals surface area contributed by atoms with Crippen molar-refractivity contribution in [1.82, 2.24) is 10.2 Å². The van der Waals surface area contributed by atoms with Crippen LogP contribution in [0.4, 0.5) is 0 Å². The van der Waals surface area contributed by atoms with E-state index in [4.69, 9.17) is 21.3 Å². The van der Waals surface area contributed by atoms with Crippen LogP contribution in [0.2, 0.25) is 5.02 Å². The number of nitrogens with one attached hydrogen (secondary N) is 1. The van der Waals surface area contributed by atoms with E-state index in [1.807, 2.05) is 12.1 Å². The molecule has 0 bridgehead atoms. The van der Waals surface area contributed by atoms with E-state index in [2.05, 4.69) is 36.3 Å². The Hall–Kier alpha value is -1.26. The van der Waals surface area contributed by atoms with E-state index in [1.165, 1.54) is 5.56 Å². The van der Waals surface area contributed by atoms with Gasteiger partial charge < -0.3 is 15.0 Å². The quantitative estimate of drug-likeness (QED) is 0.471. The molecule has 1 unspecified atom stereocenters. The topological polar surface area (TPSA) is 36.9 Å². The van der Waals surface area contributed by atoms with Crippen LogP contribution in [0.25, 0.3) is 0 Å². The molecule has 1 heterocycles. The molecule has 1 aromatic carbocycles. The van der Waals surface area contributed by atoms with E-state index < -0.39 is 0 Å². The van der Waals surface area contributed by atoms with Crippen LogP contribution in [0, 0.1) is 5.92 Å². The van der Waals surface area contributed by atoms with E-state index in [1.54, 1.807) is 0 Å². The van der Waals surface area contributed by atoms with Crippen molar-refractivity contribution in [2.45, 2.75) is 26.2 Å². The van der Waals surface area contributed by atoms with E-state index in [0.29, 0.717) is 5.92 Å². The molecule has 0 aromatic heterocycles. The van der Waals surface area contributed by atoms with Crippen LogP contribution in [-0.4, -0.2) is 50.8 Å². The lowest BCUT2D eigenvalue weighted by Gasteiger charge is -2.24.